The van der Waals surface area contributed by atoms with Crippen LogP contribution in [0.15, 0.2) is 0 Å². The predicted molar refractivity (Wildman–Crippen MR) is 127 cm³/mol. The van der Waals surface area contributed by atoms with Crippen LogP contribution in [-0.4, -0.2) is 57.0 Å². The summed E-state index contributed by atoms with van der Waals surface area (Å²) < 4.78 is 5.58. The first-order valence-corrected chi connectivity index (χ1v) is 12.5. The Kier molecular flexibility index (Phi) is 11.6. The third-order valence-electron chi connectivity index (χ3n) is 6.50. The van der Waals surface area contributed by atoms with Crippen molar-refractivity contribution in [2.75, 3.05) is 0 Å². The molecule has 0 aromatic carbocycles. The largest absolute Gasteiger partial charge is 0.443 e. The van der Waals surface area contributed by atoms with Crippen molar-refractivity contribution in [1.29, 1.82) is 0 Å². The molecule has 0 saturated heterocycles. The van der Waals surface area contributed by atoms with Gasteiger partial charge in [-0.05, 0) is 51.4 Å². The van der Waals surface area contributed by atoms with E-state index in [-0.39, 0.29) is 17.8 Å². The molecule has 1 aliphatic rings. The smallest absolute Gasteiger partial charge is 0.417 e. The fraction of sp³-hybridized carbons (Fsp3) is 0.920. The van der Waals surface area contributed by atoms with E-state index in [0.717, 1.165) is 30.6 Å². The van der Waals surface area contributed by atoms with Gasteiger partial charge >= 0.3 is 6.09 Å². The maximum absolute atomic E-state index is 13.5. The second-order valence-electron chi connectivity index (χ2n) is 11.1. The zero-order valence-electron chi connectivity index (χ0n) is 21.3. The molecule has 4 N–H and O–H groups in total. The zero-order chi connectivity index (χ0) is 24.6. The number of nitrogens with two attached hydrogens (primary N) is 1. The molecule has 32 heavy (non-hydrogen) atoms. The van der Waals surface area contributed by atoms with Gasteiger partial charge in [0.2, 0.25) is 5.91 Å². The number of carbonyl (C=O) groups is 2. The number of hydrogen-bond donors (Lipinski definition) is 3. The molecule has 0 spiro atoms. The van der Waals surface area contributed by atoms with Crippen LogP contribution in [0.3, 0.4) is 0 Å². The maximum Gasteiger partial charge on any atom is 0.417 e. The summed E-state index contributed by atoms with van der Waals surface area (Å²) in [7, 11) is 0. The molecule has 1 aliphatic carbocycles. The standard InChI is InChI=1S/C25H48N2O5/c1-8-17(4)21(26)23(30)27(24(31)32-25(5,6)7)19(15-18-12-10-9-11-13-18)22(29)20(28)14-16(2)3/h16-22,28-29H,8-15,26H2,1-7H3/t17-,19-,20-,21-,22+/m0/s1. The maximum atomic E-state index is 13.5. The molecule has 1 saturated carbocycles. The van der Waals surface area contributed by atoms with E-state index in [9.17, 15) is 19.8 Å². The van der Waals surface area contributed by atoms with Gasteiger partial charge in [0.1, 0.15) is 11.7 Å². The average Bonchev–Trinajstić information content (AvgIpc) is 2.70. The first-order chi connectivity index (χ1) is 14.8. The Bertz CT molecular complexity index is 583. The van der Waals surface area contributed by atoms with Crippen LogP contribution in [0.25, 0.3) is 0 Å². The van der Waals surface area contributed by atoms with E-state index in [4.69, 9.17) is 10.5 Å². The number of aliphatic hydroxyl groups excluding tert-OH is 2. The first-order valence-electron chi connectivity index (χ1n) is 12.5. The van der Waals surface area contributed by atoms with Crippen molar-refractivity contribution >= 4 is 12.0 Å². The minimum atomic E-state index is -1.26. The van der Waals surface area contributed by atoms with Gasteiger partial charge in [-0.25, -0.2) is 9.69 Å². The van der Waals surface area contributed by atoms with Crippen LogP contribution in [0, 0.1) is 17.8 Å². The van der Waals surface area contributed by atoms with Crippen LogP contribution < -0.4 is 5.73 Å². The van der Waals surface area contributed by atoms with Crippen molar-refractivity contribution in [3.63, 3.8) is 0 Å². The highest BCUT2D eigenvalue weighted by molar-refractivity contribution is 5.95. The average molecular weight is 457 g/mol. The lowest BCUT2D eigenvalue weighted by atomic mass is 9.81. The molecule has 5 atom stereocenters. The molecular weight excluding hydrogens is 408 g/mol. The van der Waals surface area contributed by atoms with Crippen LogP contribution in [0.1, 0.15) is 99.8 Å². The molecule has 1 rings (SSSR count). The molecule has 0 aromatic rings. The van der Waals surface area contributed by atoms with Gasteiger partial charge in [0.15, 0.2) is 0 Å². The molecule has 0 aromatic heterocycles. The van der Waals surface area contributed by atoms with Crippen molar-refractivity contribution < 1.29 is 24.5 Å². The Hall–Kier alpha value is -1.18. The fourth-order valence-electron chi connectivity index (χ4n) is 4.40. The Labute approximate surface area is 195 Å². The number of carbonyl (C=O) groups excluding carboxylic acids is 2. The molecular formula is C25H48N2O5. The van der Waals surface area contributed by atoms with Crippen LogP contribution in [0.2, 0.25) is 0 Å². The van der Waals surface area contributed by atoms with Gasteiger partial charge < -0.3 is 20.7 Å². The summed E-state index contributed by atoms with van der Waals surface area (Å²) in [5.41, 5.74) is 5.45. The van der Waals surface area contributed by atoms with E-state index in [1.165, 1.54) is 6.42 Å². The van der Waals surface area contributed by atoms with E-state index in [2.05, 4.69) is 0 Å². The normalized spacial score (nSPS) is 20.3. The van der Waals surface area contributed by atoms with Gasteiger partial charge in [0.25, 0.3) is 0 Å². The molecule has 7 nitrogen and oxygen atoms in total. The van der Waals surface area contributed by atoms with Crippen LogP contribution in [-0.2, 0) is 9.53 Å². The number of hydrogen-bond acceptors (Lipinski definition) is 6. The van der Waals surface area contributed by atoms with Gasteiger partial charge in [0, 0.05) is 0 Å². The van der Waals surface area contributed by atoms with Crippen LogP contribution in [0.4, 0.5) is 4.79 Å². The summed E-state index contributed by atoms with van der Waals surface area (Å²) in [5, 5.41) is 22.0. The second kappa shape index (κ2) is 12.9. The van der Waals surface area contributed by atoms with Gasteiger partial charge in [-0.1, -0.05) is 66.2 Å². The first kappa shape index (κ1) is 28.9. The lowest BCUT2D eigenvalue weighted by Gasteiger charge is -2.40. The van der Waals surface area contributed by atoms with E-state index in [0.29, 0.717) is 19.3 Å². The summed E-state index contributed by atoms with van der Waals surface area (Å²) >= 11 is 0. The van der Waals surface area contributed by atoms with Gasteiger partial charge in [0.05, 0.1) is 18.2 Å². The number of aliphatic hydroxyl groups is 2. The third-order valence-corrected chi connectivity index (χ3v) is 6.50. The molecule has 188 valence electrons. The molecule has 0 unspecified atom stereocenters. The lowest BCUT2D eigenvalue weighted by Crippen LogP contribution is -2.59. The van der Waals surface area contributed by atoms with Gasteiger partial charge in [-0.15, -0.1) is 0 Å². The highest BCUT2D eigenvalue weighted by Crippen LogP contribution is 2.32. The highest BCUT2D eigenvalue weighted by Gasteiger charge is 2.43. The molecule has 2 amide bonds. The quantitative estimate of drug-likeness (QED) is 0.453. The van der Waals surface area contributed by atoms with Gasteiger partial charge in [-0.3, -0.25) is 4.79 Å². The molecule has 0 bridgehead atoms. The molecule has 0 radical (unpaired) electrons. The fourth-order valence-corrected chi connectivity index (χ4v) is 4.40. The molecule has 0 heterocycles. The monoisotopic (exact) mass is 456 g/mol. The number of rotatable bonds is 10. The summed E-state index contributed by atoms with van der Waals surface area (Å²) in [5.74, 6) is -0.263. The Morgan fingerprint density at radius 2 is 1.66 bits per heavy atom. The zero-order valence-corrected chi connectivity index (χ0v) is 21.3. The minimum Gasteiger partial charge on any atom is -0.443 e. The van der Waals surface area contributed by atoms with E-state index in [1.54, 1.807) is 20.8 Å². The second-order valence-corrected chi connectivity index (χ2v) is 11.1. The SMILES string of the molecule is CC[C@H](C)[C@H](N)C(=O)N(C(=O)OC(C)(C)C)[C@@H](CC1CCCCC1)[C@@H](O)[C@@H](O)CC(C)C. The van der Waals surface area contributed by atoms with E-state index >= 15 is 0 Å². The number of imide groups is 1. The highest BCUT2D eigenvalue weighted by atomic mass is 16.6. The van der Waals surface area contributed by atoms with Crippen LogP contribution >= 0.6 is 0 Å². The number of amides is 2. The van der Waals surface area contributed by atoms with E-state index < -0.39 is 41.9 Å². The Balaban J connectivity index is 3.36. The topological polar surface area (TPSA) is 113 Å². The van der Waals surface area contributed by atoms with Crippen molar-refractivity contribution in [3.8, 4) is 0 Å². The third kappa shape index (κ3) is 8.99. The lowest BCUT2D eigenvalue weighted by molar-refractivity contribution is -0.141. The van der Waals surface area contributed by atoms with Crippen LogP contribution in [0.5, 0.6) is 0 Å². The van der Waals surface area contributed by atoms with E-state index in [1.807, 2.05) is 27.7 Å². The molecule has 1 fully saturated rings. The van der Waals surface area contributed by atoms with Crippen molar-refractivity contribution in [2.45, 2.75) is 130 Å². The number of ether oxygens (including phenoxy) is 1. The summed E-state index contributed by atoms with van der Waals surface area (Å²) in [6, 6.07) is -1.78. The van der Waals surface area contributed by atoms with Crippen molar-refractivity contribution in [3.05, 3.63) is 0 Å². The number of nitrogens with zero attached hydrogens (tertiary/aromatic N) is 1. The van der Waals surface area contributed by atoms with Crippen molar-refractivity contribution in [2.24, 2.45) is 23.5 Å². The van der Waals surface area contributed by atoms with Crippen molar-refractivity contribution in [1.82, 2.24) is 4.90 Å². The summed E-state index contributed by atoms with van der Waals surface area (Å²) in [6.07, 6.45) is 3.69. The minimum absolute atomic E-state index is 0.138. The Morgan fingerprint density at radius 1 is 1.09 bits per heavy atom. The summed E-state index contributed by atoms with van der Waals surface area (Å²) in [4.78, 5) is 27.8. The molecule has 7 heteroatoms. The predicted octanol–water partition coefficient (Wildman–Crippen LogP) is 4.23. The summed E-state index contributed by atoms with van der Waals surface area (Å²) in [6.45, 7) is 12.9. The molecule has 0 aliphatic heterocycles. The van der Waals surface area contributed by atoms with Gasteiger partial charge in [-0.2, -0.15) is 0 Å². The Morgan fingerprint density at radius 3 is 2.12 bits per heavy atom.